The Morgan fingerprint density at radius 2 is 1.78 bits per heavy atom. The van der Waals surface area contributed by atoms with Gasteiger partial charge in [0.2, 0.25) is 5.95 Å². The highest BCUT2D eigenvalue weighted by Gasteiger charge is 2.24. The number of fused-ring (bicyclic) bond motifs is 1. The Bertz CT molecular complexity index is 1100. The van der Waals surface area contributed by atoms with Crippen molar-refractivity contribution in [3.8, 4) is 6.07 Å². The van der Waals surface area contributed by atoms with Crippen LogP contribution in [0.1, 0.15) is 63.0 Å². The predicted octanol–water partition coefficient (Wildman–Crippen LogP) is 4.43. The maximum atomic E-state index is 8.91. The van der Waals surface area contributed by atoms with Crippen LogP contribution in [0.15, 0.2) is 30.6 Å². The molecule has 0 radical (unpaired) electrons. The summed E-state index contributed by atoms with van der Waals surface area (Å²) in [6, 6.07) is 11.2. The lowest BCUT2D eigenvalue weighted by atomic mass is 9.92. The first-order valence-electron chi connectivity index (χ1n) is 11.7. The van der Waals surface area contributed by atoms with Crippen LogP contribution in [-0.4, -0.2) is 31.6 Å². The molecule has 1 aromatic carbocycles. The van der Waals surface area contributed by atoms with Gasteiger partial charge in [-0.15, -0.1) is 0 Å². The smallest absolute Gasteiger partial charge is 0.227 e. The van der Waals surface area contributed by atoms with Gasteiger partial charge >= 0.3 is 0 Å². The fourth-order valence-electron chi connectivity index (χ4n) is 4.90. The lowest BCUT2D eigenvalue weighted by Gasteiger charge is -2.27. The predicted molar refractivity (Wildman–Crippen MR) is 126 cm³/mol. The van der Waals surface area contributed by atoms with Crippen LogP contribution in [0.5, 0.6) is 0 Å². The Morgan fingerprint density at radius 1 is 1.03 bits per heavy atom. The van der Waals surface area contributed by atoms with Crippen LogP contribution in [0, 0.1) is 11.3 Å². The third-order valence-corrected chi connectivity index (χ3v) is 6.74. The molecule has 0 saturated heterocycles. The average Bonchev–Trinajstić information content (AvgIpc) is 3.47. The van der Waals surface area contributed by atoms with E-state index in [1.807, 2.05) is 30.6 Å². The molecule has 0 spiro atoms. The van der Waals surface area contributed by atoms with Crippen molar-refractivity contribution in [2.24, 2.45) is 5.73 Å². The molecule has 2 aliphatic rings. The number of benzene rings is 1. The van der Waals surface area contributed by atoms with Gasteiger partial charge in [-0.1, -0.05) is 25.0 Å². The number of hydrogen-bond acceptors (Lipinski definition) is 7. The number of hydrogen-bond donors (Lipinski definition) is 3. The van der Waals surface area contributed by atoms with E-state index in [0.717, 1.165) is 48.1 Å². The van der Waals surface area contributed by atoms with Gasteiger partial charge in [0, 0.05) is 23.8 Å². The van der Waals surface area contributed by atoms with Crippen molar-refractivity contribution in [2.75, 3.05) is 10.6 Å². The monoisotopic (exact) mass is 430 g/mol. The second-order valence-electron chi connectivity index (χ2n) is 9.07. The van der Waals surface area contributed by atoms with Crippen LogP contribution >= 0.6 is 0 Å². The maximum absolute atomic E-state index is 8.91. The molecule has 2 heterocycles. The number of rotatable bonds is 6. The van der Waals surface area contributed by atoms with Crippen molar-refractivity contribution < 1.29 is 0 Å². The van der Waals surface area contributed by atoms with Crippen LogP contribution in [0.4, 0.5) is 17.5 Å². The third kappa shape index (κ3) is 4.39. The first-order valence-corrected chi connectivity index (χ1v) is 11.7. The first kappa shape index (κ1) is 20.7. The quantitative estimate of drug-likeness (QED) is 0.529. The molecule has 3 aromatic rings. The van der Waals surface area contributed by atoms with Crippen molar-refractivity contribution >= 4 is 28.6 Å². The molecule has 166 valence electrons. The largest absolute Gasteiger partial charge is 0.351 e. The van der Waals surface area contributed by atoms with Gasteiger partial charge in [0.05, 0.1) is 18.8 Å². The number of nitrogens with two attached hydrogens (primary N) is 1. The van der Waals surface area contributed by atoms with E-state index in [9.17, 15) is 0 Å². The Labute approximate surface area is 188 Å². The van der Waals surface area contributed by atoms with E-state index < -0.39 is 0 Å². The van der Waals surface area contributed by atoms with Crippen molar-refractivity contribution in [3.63, 3.8) is 0 Å². The third-order valence-electron chi connectivity index (χ3n) is 6.74. The second kappa shape index (κ2) is 9.13. The first-order chi connectivity index (χ1) is 15.7. The molecule has 2 saturated carbocycles. The number of aromatic nitrogens is 4. The van der Waals surface area contributed by atoms with Crippen LogP contribution in [0.25, 0.3) is 11.2 Å². The molecular formula is C24H30N8. The molecule has 0 unspecified atom stereocenters. The summed E-state index contributed by atoms with van der Waals surface area (Å²) in [6.45, 7) is 0. The van der Waals surface area contributed by atoms with Gasteiger partial charge in [0.15, 0.2) is 17.0 Å². The number of nitrogens with one attached hydrogen (secondary N) is 2. The summed E-state index contributed by atoms with van der Waals surface area (Å²) >= 11 is 0. The van der Waals surface area contributed by atoms with E-state index in [1.54, 1.807) is 0 Å². The van der Waals surface area contributed by atoms with E-state index in [2.05, 4.69) is 21.3 Å². The van der Waals surface area contributed by atoms with Crippen molar-refractivity contribution in [1.29, 1.82) is 5.26 Å². The Morgan fingerprint density at radius 3 is 2.50 bits per heavy atom. The molecule has 2 fully saturated rings. The number of nitriles is 1. The molecule has 2 aromatic heterocycles. The minimum Gasteiger partial charge on any atom is -0.351 e. The molecule has 0 atom stereocenters. The van der Waals surface area contributed by atoms with E-state index in [0.29, 0.717) is 36.3 Å². The minimum absolute atomic E-state index is 0.307. The maximum Gasteiger partial charge on any atom is 0.227 e. The molecule has 0 aliphatic heterocycles. The Kier molecular flexibility index (Phi) is 5.91. The normalized spacial score (nSPS) is 21.5. The molecule has 32 heavy (non-hydrogen) atoms. The van der Waals surface area contributed by atoms with Crippen molar-refractivity contribution in [3.05, 3.63) is 36.2 Å². The highest BCUT2D eigenvalue weighted by Crippen LogP contribution is 2.34. The number of imidazole rings is 1. The molecule has 8 heteroatoms. The van der Waals surface area contributed by atoms with Gasteiger partial charge in [0.1, 0.15) is 0 Å². The zero-order valence-electron chi connectivity index (χ0n) is 18.3. The molecule has 2 aliphatic carbocycles. The van der Waals surface area contributed by atoms with Crippen LogP contribution in [0.2, 0.25) is 0 Å². The highest BCUT2D eigenvalue weighted by atomic mass is 15.2. The van der Waals surface area contributed by atoms with E-state index in [1.165, 1.54) is 25.7 Å². The van der Waals surface area contributed by atoms with E-state index in [4.69, 9.17) is 25.9 Å². The minimum atomic E-state index is 0.307. The molecule has 5 rings (SSSR count). The zero-order chi connectivity index (χ0) is 21.9. The Balaban J connectivity index is 1.47. The molecule has 8 nitrogen and oxygen atoms in total. The standard InChI is InChI=1S/C24H30N8/c25-14-13-16-5-9-18(10-6-16)28-22-21-23(32(15-27-21)20-3-1-2-4-20)31-24(30-22)29-19-11-7-17(26)8-12-19/h5-6,9-10,15,17,19-20H,1-4,7-8,11-13,26H2,(H2,28,29,30,31). The molecule has 4 N–H and O–H groups in total. The van der Waals surface area contributed by atoms with Crippen LogP contribution in [0.3, 0.4) is 0 Å². The summed E-state index contributed by atoms with van der Waals surface area (Å²) in [5, 5.41) is 15.9. The van der Waals surface area contributed by atoms with Gasteiger partial charge in [0.25, 0.3) is 0 Å². The number of nitrogens with zero attached hydrogens (tertiary/aromatic N) is 5. The lowest BCUT2D eigenvalue weighted by Crippen LogP contribution is -2.33. The van der Waals surface area contributed by atoms with Crippen LogP contribution < -0.4 is 16.4 Å². The van der Waals surface area contributed by atoms with Crippen molar-refractivity contribution in [1.82, 2.24) is 19.5 Å². The Hall–Kier alpha value is -3.18. The SMILES string of the molecule is N#CCc1ccc(Nc2nc(NC3CCC(N)CC3)nc3c2ncn3C2CCCC2)cc1. The second-order valence-corrected chi connectivity index (χ2v) is 9.07. The van der Waals surface area contributed by atoms with E-state index >= 15 is 0 Å². The van der Waals surface area contributed by atoms with Gasteiger partial charge in [-0.05, 0) is 56.2 Å². The fourth-order valence-corrected chi connectivity index (χ4v) is 4.90. The van der Waals surface area contributed by atoms with Crippen LogP contribution in [-0.2, 0) is 6.42 Å². The summed E-state index contributed by atoms with van der Waals surface area (Å²) in [5.74, 6) is 1.34. The molecule has 0 amide bonds. The molecule has 0 bridgehead atoms. The van der Waals surface area contributed by atoms with Gasteiger partial charge in [-0.2, -0.15) is 15.2 Å². The fraction of sp³-hybridized carbons (Fsp3) is 0.500. The lowest BCUT2D eigenvalue weighted by molar-refractivity contribution is 0.410. The van der Waals surface area contributed by atoms with Gasteiger partial charge in [-0.3, -0.25) is 0 Å². The average molecular weight is 431 g/mol. The summed E-state index contributed by atoms with van der Waals surface area (Å²) in [5.41, 5.74) is 9.66. The summed E-state index contributed by atoms with van der Waals surface area (Å²) < 4.78 is 2.23. The zero-order valence-corrected chi connectivity index (χ0v) is 18.3. The summed E-state index contributed by atoms with van der Waals surface area (Å²) in [7, 11) is 0. The highest BCUT2D eigenvalue weighted by molar-refractivity contribution is 5.86. The number of anilines is 3. The molecular weight excluding hydrogens is 400 g/mol. The van der Waals surface area contributed by atoms with Crippen molar-refractivity contribution in [2.45, 2.75) is 75.9 Å². The summed E-state index contributed by atoms with van der Waals surface area (Å²) in [6.07, 6.45) is 11.3. The topological polar surface area (TPSA) is 117 Å². The van der Waals surface area contributed by atoms with Gasteiger partial charge < -0.3 is 20.9 Å². The van der Waals surface area contributed by atoms with E-state index in [-0.39, 0.29) is 0 Å². The van der Waals surface area contributed by atoms with Gasteiger partial charge in [-0.25, -0.2) is 4.98 Å². The summed E-state index contributed by atoms with van der Waals surface area (Å²) in [4.78, 5) is 14.4.